The molecule has 0 radical (unpaired) electrons. The van der Waals surface area contributed by atoms with Gasteiger partial charge in [-0.05, 0) is 35.9 Å². The Morgan fingerprint density at radius 2 is 1.96 bits per heavy atom. The summed E-state index contributed by atoms with van der Waals surface area (Å²) in [5, 5.41) is 2.76. The average Bonchev–Trinajstić information content (AvgIpc) is 2.52. The number of hydrogen-bond donors (Lipinski definition) is 2. The Morgan fingerprint density at radius 1 is 1.25 bits per heavy atom. The molecule has 0 unspecified atom stereocenters. The fraction of sp³-hybridized carbons (Fsp3) is 0.125. The molecule has 4 nitrogen and oxygen atoms in total. The zero-order valence-corrected chi connectivity index (χ0v) is 14.5. The van der Waals surface area contributed by atoms with Crippen LogP contribution in [-0.4, -0.2) is 17.9 Å². The highest BCUT2D eigenvalue weighted by Crippen LogP contribution is 2.22. The highest BCUT2D eigenvalue weighted by Gasteiger charge is 2.23. The summed E-state index contributed by atoms with van der Waals surface area (Å²) in [4.78, 5) is 23.7. The Kier molecular flexibility index (Phi) is 5.90. The molecule has 2 rings (SSSR count). The fourth-order valence-corrected chi connectivity index (χ4v) is 2.66. The normalized spacial score (nSPS) is 11.8. The number of halogens is 4. The monoisotopic (exact) mass is 416 g/mol. The van der Waals surface area contributed by atoms with E-state index in [9.17, 15) is 18.4 Å². The Hall–Kier alpha value is -1.99. The van der Waals surface area contributed by atoms with Crippen molar-refractivity contribution in [1.29, 1.82) is 0 Å². The Labute approximate surface area is 150 Å². The number of rotatable bonds is 5. The molecular formula is C16H12BrClF2N2O2. The summed E-state index contributed by atoms with van der Waals surface area (Å²) in [6.45, 7) is 0. The van der Waals surface area contributed by atoms with Gasteiger partial charge in [0, 0.05) is 15.9 Å². The number of hydrogen-bond acceptors (Lipinski definition) is 2. The van der Waals surface area contributed by atoms with E-state index in [1.165, 1.54) is 6.07 Å². The quantitative estimate of drug-likeness (QED) is 0.784. The summed E-state index contributed by atoms with van der Waals surface area (Å²) in [7, 11) is 0. The SMILES string of the molecule is NC(=O)[C@H](Cc1cc(Cl)ccc1Br)NC(=O)c1cccc(F)c1F. The van der Waals surface area contributed by atoms with Crippen LogP contribution in [0.2, 0.25) is 5.02 Å². The predicted octanol–water partition coefficient (Wildman–Crippen LogP) is 3.21. The molecule has 3 N–H and O–H groups in total. The van der Waals surface area contributed by atoms with Gasteiger partial charge in [0.15, 0.2) is 11.6 Å². The van der Waals surface area contributed by atoms with Gasteiger partial charge in [0.2, 0.25) is 5.91 Å². The maximum absolute atomic E-state index is 13.7. The molecule has 126 valence electrons. The van der Waals surface area contributed by atoms with E-state index in [4.69, 9.17) is 17.3 Å². The van der Waals surface area contributed by atoms with Crippen LogP contribution in [0.3, 0.4) is 0 Å². The molecule has 0 bridgehead atoms. The predicted molar refractivity (Wildman–Crippen MR) is 89.7 cm³/mol. The number of primary amides is 1. The lowest BCUT2D eigenvalue weighted by molar-refractivity contribution is -0.119. The van der Waals surface area contributed by atoms with Crippen molar-refractivity contribution in [2.24, 2.45) is 5.73 Å². The molecule has 0 saturated carbocycles. The Balaban J connectivity index is 2.22. The zero-order valence-electron chi connectivity index (χ0n) is 12.2. The summed E-state index contributed by atoms with van der Waals surface area (Å²) in [5.41, 5.74) is 5.42. The van der Waals surface area contributed by atoms with Crippen molar-refractivity contribution in [3.05, 3.63) is 68.7 Å². The van der Waals surface area contributed by atoms with Crippen LogP contribution >= 0.6 is 27.5 Å². The van der Waals surface area contributed by atoms with Crippen molar-refractivity contribution >= 4 is 39.3 Å². The van der Waals surface area contributed by atoms with E-state index >= 15 is 0 Å². The van der Waals surface area contributed by atoms with Crippen molar-refractivity contribution in [1.82, 2.24) is 5.32 Å². The molecule has 2 aromatic rings. The van der Waals surface area contributed by atoms with Crippen LogP contribution in [0.15, 0.2) is 40.9 Å². The summed E-state index contributed by atoms with van der Waals surface area (Å²) < 4.78 is 27.6. The number of benzene rings is 2. The molecule has 0 aromatic heterocycles. The number of carbonyl (C=O) groups is 2. The molecule has 24 heavy (non-hydrogen) atoms. The smallest absolute Gasteiger partial charge is 0.255 e. The minimum Gasteiger partial charge on any atom is -0.368 e. The number of amides is 2. The van der Waals surface area contributed by atoms with Crippen LogP contribution in [0.25, 0.3) is 0 Å². The summed E-state index contributed by atoms with van der Waals surface area (Å²) in [5.74, 6) is -4.20. The van der Waals surface area contributed by atoms with Gasteiger partial charge in [-0.3, -0.25) is 9.59 Å². The zero-order chi connectivity index (χ0) is 17.9. The van der Waals surface area contributed by atoms with Crippen LogP contribution in [0, 0.1) is 11.6 Å². The second kappa shape index (κ2) is 7.72. The summed E-state index contributed by atoms with van der Waals surface area (Å²) >= 11 is 9.21. The molecule has 0 aliphatic carbocycles. The van der Waals surface area contributed by atoms with Crippen molar-refractivity contribution in [2.45, 2.75) is 12.5 Å². The molecule has 0 spiro atoms. The van der Waals surface area contributed by atoms with Gasteiger partial charge in [0.25, 0.3) is 5.91 Å². The third kappa shape index (κ3) is 4.30. The first kappa shape index (κ1) is 18.4. The van der Waals surface area contributed by atoms with E-state index in [1.807, 2.05) is 0 Å². The highest BCUT2D eigenvalue weighted by molar-refractivity contribution is 9.10. The van der Waals surface area contributed by atoms with Crippen molar-refractivity contribution in [3.8, 4) is 0 Å². The molecule has 0 heterocycles. The van der Waals surface area contributed by atoms with Crippen LogP contribution in [0.5, 0.6) is 0 Å². The third-order valence-corrected chi connectivity index (χ3v) is 4.29. The van der Waals surface area contributed by atoms with Crippen molar-refractivity contribution in [3.63, 3.8) is 0 Å². The first-order valence-electron chi connectivity index (χ1n) is 6.77. The fourth-order valence-electron chi connectivity index (χ4n) is 2.06. The lowest BCUT2D eigenvalue weighted by Crippen LogP contribution is -2.46. The van der Waals surface area contributed by atoms with E-state index in [-0.39, 0.29) is 6.42 Å². The van der Waals surface area contributed by atoms with Crippen LogP contribution in [-0.2, 0) is 11.2 Å². The lowest BCUT2D eigenvalue weighted by Gasteiger charge is -2.17. The number of nitrogens with two attached hydrogens (primary N) is 1. The Morgan fingerprint density at radius 3 is 2.62 bits per heavy atom. The topological polar surface area (TPSA) is 72.2 Å². The lowest BCUT2D eigenvalue weighted by atomic mass is 10.0. The number of carbonyl (C=O) groups excluding carboxylic acids is 2. The van der Waals surface area contributed by atoms with E-state index in [0.717, 1.165) is 12.1 Å². The van der Waals surface area contributed by atoms with Crippen LogP contribution in [0.4, 0.5) is 8.78 Å². The first-order chi connectivity index (χ1) is 11.3. The van der Waals surface area contributed by atoms with Gasteiger partial charge >= 0.3 is 0 Å². The molecule has 2 amide bonds. The summed E-state index contributed by atoms with van der Waals surface area (Å²) in [6, 6.07) is 7.02. The highest BCUT2D eigenvalue weighted by atomic mass is 79.9. The van der Waals surface area contributed by atoms with Crippen molar-refractivity contribution in [2.75, 3.05) is 0 Å². The molecule has 0 aliphatic rings. The van der Waals surface area contributed by atoms with E-state index in [1.54, 1.807) is 18.2 Å². The second-order valence-electron chi connectivity index (χ2n) is 4.97. The van der Waals surface area contributed by atoms with E-state index in [2.05, 4.69) is 21.2 Å². The van der Waals surface area contributed by atoms with E-state index < -0.39 is 35.1 Å². The molecule has 1 atom stereocenters. The number of nitrogens with one attached hydrogen (secondary N) is 1. The minimum absolute atomic E-state index is 0.0408. The molecule has 0 saturated heterocycles. The van der Waals surface area contributed by atoms with E-state index in [0.29, 0.717) is 15.1 Å². The minimum atomic E-state index is -1.29. The van der Waals surface area contributed by atoms with Gasteiger partial charge in [-0.25, -0.2) is 8.78 Å². The average molecular weight is 418 g/mol. The molecule has 0 fully saturated rings. The maximum Gasteiger partial charge on any atom is 0.255 e. The van der Waals surface area contributed by atoms with Gasteiger partial charge in [0.1, 0.15) is 6.04 Å². The molecule has 2 aromatic carbocycles. The van der Waals surface area contributed by atoms with Crippen LogP contribution < -0.4 is 11.1 Å². The van der Waals surface area contributed by atoms with Crippen molar-refractivity contribution < 1.29 is 18.4 Å². The van der Waals surface area contributed by atoms with Crippen LogP contribution in [0.1, 0.15) is 15.9 Å². The Bertz CT molecular complexity index is 802. The van der Waals surface area contributed by atoms with Gasteiger partial charge in [-0.2, -0.15) is 0 Å². The van der Waals surface area contributed by atoms with Gasteiger partial charge < -0.3 is 11.1 Å². The molecule has 0 aliphatic heterocycles. The maximum atomic E-state index is 13.7. The standard InChI is InChI=1S/C16H12BrClF2N2O2/c17-11-5-4-9(18)6-8(11)7-13(15(21)23)22-16(24)10-2-1-3-12(19)14(10)20/h1-6,13H,7H2,(H2,21,23)(H,22,24)/t13-/m0/s1. The molecular weight excluding hydrogens is 406 g/mol. The first-order valence-corrected chi connectivity index (χ1v) is 7.95. The van der Waals surface area contributed by atoms with Gasteiger partial charge in [-0.15, -0.1) is 0 Å². The third-order valence-electron chi connectivity index (χ3n) is 3.28. The largest absolute Gasteiger partial charge is 0.368 e. The second-order valence-corrected chi connectivity index (χ2v) is 6.26. The van der Waals surface area contributed by atoms with Gasteiger partial charge in [0.05, 0.1) is 5.56 Å². The van der Waals surface area contributed by atoms with Gasteiger partial charge in [-0.1, -0.05) is 33.6 Å². The molecule has 8 heteroatoms. The summed E-state index contributed by atoms with van der Waals surface area (Å²) in [6.07, 6.45) is 0.0408.